The number of carbonyl (C=O) groups excluding carboxylic acids is 2. The Kier molecular flexibility index (Phi) is 4.67. The number of urea groups is 1. The van der Waals surface area contributed by atoms with Crippen molar-refractivity contribution in [3.8, 4) is 0 Å². The van der Waals surface area contributed by atoms with Crippen molar-refractivity contribution in [3.05, 3.63) is 0 Å². The zero-order chi connectivity index (χ0) is 12.1. The molecule has 1 atom stereocenters. The summed E-state index contributed by atoms with van der Waals surface area (Å²) in [5.74, 6) is -0.256. The molecule has 1 rings (SSSR count). The molecule has 1 heterocycles. The highest BCUT2D eigenvalue weighted by molar-refractivity contribution is 8.14. The van der Waals surface area contributed by atoms with E-state index in [1.165, 1.54) is 11.8 Å². The molecule has 6 heteroatoms. The maximum Gasteiger partial charge on any atom is 0.367 e. The highest BCUT2D eigenvalue weighted by atomic mass is 32.2. The molecule has 16 heavy (non-hydrogen) atoms. The van der Waals surface area contributed by atoms with Crippen LogP contribution in [0.25, 0.3) is 0 Å². The highest BCUT2D eigenvalue weighted by Crippen LogP contribution is 2.20. The highest BCUT2D eigenvalue weighted by Gasteiger charge is 2.32. The molecular weight excluding hydrogens is 228 g/mol. The second kappa shape index (κ2) is 5.79. The number of hydrogen-bond acceptors (Lipinski definition) is 4. The van der Waals surface area contributed by atoms with Crippen molar-refractivity contribution in [2.24, 2.45) is 15.9 Å². The maximum atomic E-state index is 11.7. The molecule has 5 nitrogen and oxygen atoms in total. The van der Waals surface area contributed by atoms with Crippen molar-refractivity contribution in [3.63, 3.8) is 0 Å². The number of thioether (sulfide) groups is 1. The van der Waals surface area contributed by atoms with Gasteiger partial charge < -0.3 is 4.74 Å². The monoisotopic (exact) mass is 242 g/mol. The van der Waals surface area contributed by atoms with Gasteiger partial charge in [-0.1, -0.05) is 6.92 Å². The zero-order valence-electron chi connectivity index (χ0n) is 9.52. The summed E-state index contributed by atoms with van der Waals surface area (Å²) in [6.07, 6.45) is 0. The van der Waals surface area contributed by atoms with Crippen molar-refractivity contribution in [2.75, 3.05) is 12.4 Å². The first-order valence-electron chi connectivity index (χ1n) is 5.07. The van der Waals surface area contributed by atoms with E-state index in [1.807, 2.05) is 6.92 Å². The summed E-state index contributed by atoms with van der Waals surface area (Å²) in [6, 6.07) is -0.547. The molecule has 2 amide bonds. The Bertz CT molecular complexity index is 363. The van der Waals surface area contributed by atoms with E-state index >= 15 is 0 Å². The normalized spacial score (nSPS) is 20.2. The Balaban J connectivity index is 2.93. The first kappa shape index (κ1) is 12.9. The molecule has 0 spiro atoms. The van der Waals surface area contributed by atoms with E-state index in [4.69, 9.17) is 4.74 Å². The number of rotatable bonds is 3. The minimum absolute atomic E-state index is 0.306. The largest absolute Gasteiger partial charge is 0.465 e. The minimum atomic E-state index is -0.609. The fourth-order valence-electron chi connectivity index (χ4n) is 1.34. The Morgan fingerprint density at radius 3 is 2.69 bits per heavy atom. The molecule has 0 aromatic carbocycles. The lowest BCUT2D eigenvalue weighted by Crippen LogP contribution is -2.34. The zero-order valence-corrected chi connectivity index (χ0v) is 10.3. The van der Waals surface area contributed by atoms with Crippen LogP contribution in [0.3, 0.4) is 0 Å². The van der Waals surface area contributed by atoms with Gasteiger partial charge in [-0.15, -0.1) is 11.8 Å². The molecule has 0 bridgehead atoms. The standard InChI is InChI=1S/C10H14N2O3S/c1-4-15-9(13)7-6(3)11-10(14)12-8(7)16-5-2/h7H,4-5H2,1-3H3. The van der Waals surface area contributed by atoms with Crippen molar-refractivity contribution < 1.29 is 14.3 Å². The fraction of sp³-hybridized carbons (Fsp3) is 0.600. The van der Waals surface area contributed by atoms with Crippen LogP contribution in [0.5, 0.6) is 0 Å². The molecule has 0 aromatic rings. The molecule has 0 aliphatic carbocycles. The van der Waals surface area contributed by atoms with Gasteiger partial charge in [-0.2, -0.15) is 9.98 Å². The molecule has 1 aliphatic rings. The average molecular weight is 242 g/mol. The van der Waals surface area contributed by atoms with Gasteiger partial charge in [0.2, 0.25) is 0 Å². The number of ether oxygens (including phenoxy) is 1. The van der Waals surface area contributed by atoms with Crippen molar-refractivity contribution in [1.82, 2.24) is 0 Å². The van der Waals surface area contributed by atoms with Crippen molar-refractivity contribution >= 4 is 34.5 Å². The third kappa shape index (κ3) is 2.91. The fourth-order valence-corrected chi connectivity index (χ4v) is 2.21. The maximum absolute atomic E-state index is 11.7. The van der Waals surface area contributed by atoms with Crippen LogP contribution < -0.4 is 0 Å². The molecule has 88 valence electrons. The SMILES string of the molecule is CCOC(=O)C1C(C)=NC(=O)N=C1SCC. The predicted molar refractivity (Wildman–Crippen MR) is 64.2 cm³/mol. The number of esters is 1. The summed E-state index contributed by atoms with van der Waals surface area (Å²) < 4.78 is 4.94. The number of nitrogens with zero attached hydrogens (tertiary/aromatic N) is 2. The lowest BCUT2D eigenvalue weighted by atomic mass is 10.1. The molecule has 1 aliphatic heterocycles. The first-order valence-corrected chi connectivity index (χ1v) is 6.05. The van der Waals surface area contributed by atoms with E-state index in [0.717, 1.165) is 5.75 Å². The minimum Gasteiger partial charge on any atom is -0.465 e. The Morgan fingerprint density at radius 1 is 1.44 bits per heavy atom. The van der Waals surface area contributed by atoms with Gasteiger partial charge in [-0.05, 0) is 19.6 Å². The second-order valence-corrected chi connectivity index (χ2v) is 4.39. The summed E-state index contributed by atoms with van der Waals surface area (Å²) in [6.45, 7) is 5.62. The van der Waals surface area contributed by atoms with E-state index in [-0.39, 0.29) is 0 Å². The van der Waals surface area contributed by atoms with Gasteiger partial charge in [0.25, 0.3) is 0 Å². The number of amides is 2. The lowest BCUT2D eigenvalue weighted by Gasteiger charge is -2.18. The summed E-state index contributed by atoms with van der Waals surface area (Å²) >= 11 is 1.37. The molecular formula is C10H14N2O3S. The third-order valence-corrected chi connectivity index (χ3v) is 2.87. The molecule has 0 radical (unpaired) electrons. The number of hydrogen-bond donors (Lipinski definition) is 0. The van der Waals surface area contributed by atoms with Crippen LogP contribution >= 0.6 is 11.8 Å². The Morgan fingerprint density at radius 2 is 2.12 bits per heavy atom. The van der Waals surface area contributed by atoms with Gasteiger partial charge in [0.1, 0.15) is 5.92 Å². The summed E-state index contributed by atoms with van der Waals surface area (Å²) in [5, 5.41) is 0.485. The number of aliphatic imine (C=N–C) groups is 2. The predicted octanol–water partition coefficient (Wildman–Crippen LogP) is 1.91. The smallest absolute Gasteiger partial charge is 0.367 e. The van der Waals surface area contributed by atoms with Gasteiger partial charge in [-0.25, -0.2) is 4.79 Å². The van der Waals surface area contributed by atoms with Crippen molar-refractivity contribution in [1.29, 1.82) is 0 Å². The van der Waals surface area contributed by atoms with Crippen molar-refractivity contribution in [2.45, 2.75) is 20.8 Å². The molecule has 0 N–H and O–H groups in total. The molecule has 1 unspecified atom stereocenters. The van der Waals surface area contributed by atoms with Crippen LogP contribution in [0, 0.1) is 5.92 Å². The van der Waals surface area contributed by atoms with Crippen LogP contribution in [0.2, 0.25) is 0 Å². The van der Waals surface area contributed by atoms with Gasteiger partial charge in [0.05, 0.1) is 11.7 Å². The number of carbonyl (C=O) groups is 2. The van der Waals surface area contributed by atoms with Gasteiger partial charge >= 0.3 is 12.0 Å². The summed E-state index contributed by atoms with van der Waals surface area (Å²) in [5.41, 5.74) is 0.453. The second-order valence-electron chi connectivity index (χ2n) is 3.10. The third-order valence-electron chi connectivity index (χ3n) is 1.96. The first-order chi connectivity index (χ1) is 7.60. The summed E-state index contributed by atoms with van der Waals surface area (Å²) in [4.78, 5) is 30.3. The van der Waals surface area contributed by atoms with E-state index in [9.17, 15) is 9.59 Å². The van der Waals surface area contributed by atoms with Gasteiger partial charge in [0.15, 0.2) is 0 Å². The molecule has 0 aromatic heterocycles. The van der Waals surface area contributed by atoms with E-state index in [0.29, 0.717) is 17.4 Å². The van der Waals surface area contributed by atoms with Crippen LogP contribution in [-0.4, -0.2) is 35.1 Å². The topological polar surface area (TPSA) is 68.1 Å². The van der Waals surface area contributed by atoms with E-state index in [1.54, 1.807) is 13.8 Å². The average Bonchev–Trinajstić information content (AvgIpc) is 2.17. The summed E-state index contributed by atoms with van der Waals surface area (Å²) in [7, 11) is 0. The van der Waals surface area contributed by atoms with E-state index < -0.39 is 17.9 Å². The van der Waals surface area contributed by atoms with Crippen LogP contribution in [0.1, 0.15) is 20.8 Å². The van der Waals surface area contributed by atoms with E-state index in [2.05, 4.69) is 9.98 Å². The van der Waals surface area contributed by atoms with Gasteiger partial charge in [-0.3, -0.25) is 4.79 Å². The van der Waals surface area contributed by atoms with Crippen LogP contribution in [0.4, 0.5) is 4.79 Å². The Labute approximate surface area is 98.4 Å². The molecule has 0 saturated heterocycles. The Hall–Kier alpha value is -1.17. The molecule has 0 saturated carbocycles. The van der Waals surface area contributed by atoms with Gasteiger partial charge in [0, 0.05) is 5.71 Å². The van der Waals surface area contributed by atoms with Crippen LogP contribution in [0.15, 0.2) is 9.98 Å². The lowest BCUT2D eigenvalue weighted by molar-refractivity contribution is -0.143. The molecule has 0 fully saturated rings. The van der Waals surface area contributed by atoms with Crippen LogP contribution in [-0.2, 0) is 9.53 Å². The quantitative estimate of drug-likeness (QED) is 0.709.